The molecule has 3 N–H and O–H groups in total. The minimum Gasteiger partial charge on any atom is -0.481 e. The molecule has 1 aliphatic rings. The summed E-state index contributed by atoms with van der Waals surface area (Å²) in [5.41, 5.74) is 3.99. The van der Waals surface area contributed by atoms with Gasteiger partial charge in [-0.05, 0) is 55.0 Å². The summed E-state index contributed by atoms with van der Waals surface area (Å²) >= 11 is 0. The average Bonchev–Trinajstić information content (AvgIpc) is 3.23. The molecule has 0 fully saturated rings. The number of hydrogen-bond donors (Lipinski definition) is 3. The fourth-order valence-electron chi connectivity index (χ4n) is 4.44. The van der Waals surface area contributed by atoms with Gasteiger partial charge in [0, 0.05) is 31.0 Å². The van der Waals surface area contributed by atoms with Crippen LogP contribution in [0.2, 0.25) is 0 Å². The zero-order chi connectivity index (χ0) is 29.9. The van der Waals surface area contributed by atoms with Crippen molar-refractivity contribution >= 4 is 35.0 Å². The van der Waals surface area contributed by atoms with Gasteiger partial charge in [0.25, 0.3) is 0 Å². The molecule has 10 heteroatoms. The number of aryl methyl sites for hydroxylation is 1. The van der Waals surface area contributed by atoms with E-state index in [0.29, 0.717) is 11.5 Å². The summed E-state index contributed by atoms with van der Waals surface area (Å²) in [6.07, 6.45) is 6.05. The van der Waals surface area contributed by atoms with Crippen LogP contribution in [0.1, 0.15) is 24.8 Å². The van der Waals surface area contributed by atoms with Crippen LogP contribution >= 0.6 is 0 Å². The van der Waals surface area contributed by atoms with Crippen LogP contribution in [0.3, 0.4) is 0 Å². The maximum Gasteiger partial charge on any atom is 0.305 e. The van der Waals surface area contributed by atoms with Crippen LogP contribution in [0.4, 0.5) is 17.1 Å². The molecule has 0 aliphatic carbocycles. The maximum atomic E-state index is 11.3. The highest BCUT2D eigenvalue weighted by atomic mass is 16.4. The lowest BCUT2D eigenvalue weighted by atomic mass is 10.1. The minimum atomic E-state index is -0.971. The van der Waals surface area contributed by atoms with Crippen molar-refractivity contribution in [3.05, 3.63) is 102 Å². The molecule has 0 atom stereocenters. The van der Waals surface area contributed by atoms with E-state index in [0.717, 1.165) is 22.6 Å². The topological polar surface area (TPSA) is 145 Å². The third-order valence-electron chi connectivity index (χ3n) is 6.41. The van der Waals surface area contributed by atoms with Gasteiger partial charge in [0.1, 0.15) is 5.82 Å². The summed E-state index contributed by atoms with van der Waals surface area (Å²) < 4.78 is 0. The van der Waals surface area contributed by atoms with Gasteiger partial charge in [0.05, 0.1) is 42.3 Å². The Kier molecular flexibility index (Phi) is 10.5. The Morgan fingerprint density at radius 2 is 1.41 bits per heavy atom. The molecule has 0 saturated heterocycles. The molecule has 0 spiro atoms. The molecule has 0 unspecified atom stereocenters. The number of nitrogens with zero attached hydrogens (tertiary/aromatic N) is 4. The Morgan fingerprint density at radius 3 is 1.93 bits per heavy atom. The van der Waals surface area contributed by atoms with Gasteiger partial charge in [-0.3, -0.25) is 14.4 Å². The predicted octanol–water partition coefficient (Wildman–Crippen LogP) is 4.91. The molecule has 0 aromatic heterocycles. The van der Waals surface area contributed by atoms with Crippen LogP contribution in [0, 0.1) is 18.3 Å². The Labute approximate surface area is 238 Å². The molecule has 1 heterocycles. The van der Waals surface area contributed by atoms with E-state index in [1.807, 2.05) is 55.5 Å². The second-order valence-electron chi connectivity index (χ2n) is 9.24. The maximum absolute atomic E-state index is 11.3. The van der Waals surface area contributed by atoms with Crippen LogP contribution in [-0.4, -0.2) is 52.9 Å². The third kappa shape index (κ3) is 8.10. The number of carboxylic acids is 3. The van der Waals surface area contributed by atoms with Gasteiger partial charge in [-0.25, -0.2) is 0 Å². The summed E-state index contributed by atoms with van der Waals surface area (Å²) in [5, 5.41) is 37.7. The number of anilines is 3. The molecule has 0 radical (unpaired) electrons. The minimum absolute atomic E-state index is 0.104. The zero-order valence-corrected chi connectivity index (χ0v) is 22.7. The summed E-state index contributed by atoms with van der Waals surface area (Å²) in [7, 11) is 0. The SMILES string of the molecule is C=C(/C=C/C(C#N)=C/C=C1N(CCC(=O)O)c2ccccc2N1CCC(=O)O)N(CCC(=O)O)c1ccccc1C. The van der Waals surface area contributed by atoms with E-state index in [2.05, 4.69) is 12.6 Å². The number of allylic oxidation sites excluding steroid dienone is 5. The standard InChI is InChI=1S/C31H32N4O6/c1-22-7-3-4-8-25(22)33(18-15-29(36)37)23(2)11-12-24(21-32)13-14-28-34(19-16-30(38)39)26-9-5-6-10-27(26)35(28)20-17-31(40)41/h3-14H,2,15-20H2,1H3,(H,36,37)(H,38,39)(H,40,41)/b12-11+,24-13-. The van der Waals surface area contributed by atoms with Crippen LogP contribution in [0.5, 0.6) is 0 Å². The van der Waals surface area contributed by atoms with E-state index in [9.17, 15) is 35.0 Å². The van der Waals surface area contributed by atoms with Crippen molar-refractivity contribution in [3.63, 3.8) is 0 Å². The van der Waals surface area contributed by atoms with E-state index >= 15 is 0 Å². The van der Waals surface area contributed by atoms with E-state index in [4.69, 9.17) is 0 Å². The summed E-state index contributed by atoms with van der Waals surface area (Å²) in [5.74, 6) is -2.33. The third-order valence-corrected chi connectivity index (χ3v) is 6.41. The van der Waals surface area contributed by atoms with E-state index in [1.54, 1.807) is 39.0 Å². The molecule has 10 nitrogen and oxygen atoms in total. The predicted molar refractivity (Wildman–Crippen MR) is 156 cm³/mol. The van der Waals surface area contributed by atoms with E-state index < -0.39 is 17.9 Å². The number of carbonyl (C=O) groups is 3. The molecule has 0 amide bonds. The van der Waals surface area contributed by atoms with Crippen LogP contribution in [0.15, 0.2) is 96.5 Å². The normalized spacial score (nSPS) is 12.7. The van der Waals surface area contributed by atoms with Gasteiger partial charge in [0.2, 0.25) is 0 Å². The molecule has 41 heavy (non-hydrogen) atoms. The molecular formula is C31H32N4O6. The number of hydrogen-bond acceptors (Lipinski definition) is 7. The second kappa shape index (κ2) is 14.2. The number of nitriles is 1. The largest absolute Gasteiger partial charge is 0.481 e. The van der Waals surface area contributed by atoms with E-state index in [1.165, 1.54) is 0 Å². The van der Waals surface area contributed by atoms with Crippen molar-refractivity contribution in [3.8, 4) is 6.07 Å². The number of aliphatic carboxylic acids is 3. The van der Waals surface area contributed by atoms with Gasteiger partial charge in [0.15, 0.2) is 0 Å². The molecule has 0 bridgehead atoms. The Balaban J connectivity index is 1.94. The quantitative estimate of drug-likeness (QED) is 0.217. The smallest absolute Gasteiger partial charge is 0.305 e. The van der Waals surface area contributed by atoms with Gasteiger partial charge in [-0.15, -0.1) is 0 Å². The summed E-state index contributed by atoms with van der Waals surface area (Å²) in [6, 6.07) is 17.0. The first-order valence-corrected chi connectivity index (χ1v) is 12.9. The molecule has 3 rings (SSSR count). The highest BCUT2D eigenvalue weighted by molar-refractivity contribution is 5.84. The van der Waals surface area contributed by atoms with Crippen LogP contribution < -0.4 is 14.7 Å². The zero-order valence-electron chi connectivity index (χ0n) is 22.7. The van der Waals surface area contributed by atoms with Crippen LogP contribution in [-0.2, 0) is 14.4 Å². The van der Waals surface area contributed by atoms with Crippen molar-refractivity contribution in [2.24, 2.45) is 0 Å². The molecule has 1 aliphatic heterocycles. The van der Waals surface area contributed by atoms with Gasteiger partial charge in [-0.2, -0.15) is 5.26 Å². The lowest BCUT2D eigenvalue weighted by Crippen LogP contribution is -2.31. The Bertz CT molecular complexity index is 1410. The van der Waals surface area contributed by atoms with Crippen molar-refractivity contribution in [1.82, 2.24) is 0 Å². The first-order valence-electron chi connectivity index (χ1n) is 12.9. The van der Waals surface area contributed by atoms with E-state index in [-0.39, 0.29) is 44.5 Å². The first-order chi connectivity index (χ1) is 19.6. The summed E-state index contributed by atoms with van der Waals surface area (Å²) in [6.45, 7) is 6.50. The molecule has 2 aromatic rings. The van der Waals surface area contributed by atoms with Gasteiger partial charge < -0.3 is 30.0 Å². The van der Waals surface area contributed by atoms with Crippen molar-refractivity contribution in [2.45, 2.75) is 26.2 Å². The summed E-state index contributed by atoms with van der Waals surface area (Å²) in [4.78, 5) is 39.3. The van der Waals surface area contributed by atoms with Crippen molar-refractivity contribution in [1.29, 1.82) is 5.26 Å². The number of fused-ring (bicyclic) bond motifs is 1. The number of benzene rings is 2. The van der Waals surface area contributed by atoms with Crippen LogP contribution in [0.25, 0.3) is 0 Å². The van der Waals surface area contributed by atoms with Crippen molar-refractivity contribution < 1.29 is 29.7 Å². The number of para-hydroxylation sites is 3. The first kappa shape index (κ1) is 30.2. The highest BCUT2D eigenvalue weighted by Gasteiger charge is 2.31. The fraction of sp³-hybridized carbons (Fsp3) is 0.226. The van der Waals surface area contributed by atoms with Gasteiger partial charge in [-0.1, -0.05) is 36.9 Å². The highest BCUT2D eigenvalue weighted by Crippen LogP contribution is 2.41. The second-order valence-corrected chi connectivity index (χ2v) is 9.24. The molecule has 0 saturated carbocycles. The lowest BCUT2D eigenvalue weighted by molar-refractivity contribution is -0.137. The van der Waals surface area contributed by atoms with Crippen molar-refractivity contribution in [2.75, 3.05) is 34.3 Å². The molecular weight excluding hydrogens is 524 g/mol. The Hall–Kier alpha value is -5.30. The number of rotatable bonds is 14. The monoisotopic (exact) mass is 556 g/mol. The molecule has 2 aromatic carbocycles. The van der Waals surface area contributed by atoms with Gasteiger partial charge >= 0.3 is 17.9 Å². The fourth-order valence-corrected chi connectivity index (χ4v) is 4.44. The Morgan fingerprint density at radius 1 is 0.878 bits per heavy atom. The molecule has 212 valence electrons. The average molecular weight is 557 g/mol. The lowest BCUT2D eigenvalue weighted by Gasteiger charge is -2.26. The number of carboxylic acid groups (broad SMARTS) is 3.